The molecule has 3 aromatic rings. The van der Waals surface area contributed by atoms with Crippen LogP contribution in [0.1, 0.15) is 21.9 Å². The lowest BCUT2D eigenvalue weighted by atomic mass is 9.98. The van der Waals surface area contributed by atoms with Gasteiger partial charge in [-0.15, -0.1) is 0 Å². The molecule has 0 spiro atoms. The largest absolute Gasteiger partial charge is 0.361 e. The van der Waals surface area contributed by atoms with Gasteiger partial charge in [0.15, 0.2) is 0 Å². The summed E-state index contributed by atoms with van der Waals surface area (Å²) in [7, 11) is 3.11. The average molecular weight is 311 g/mol. The Balaban J connectivity index is 2.33. The molecule has 6 nitrogen and oxygen atoms in total. The number of nitrogens with one attached hydrogen (secondary N) is 1. The van der Waals surface area contributed by atoms with Gasteiger partial charge >= 0.3 is 0 Å². The van der Waals surface area contributed by atoms with Crippen molar-refractivity contribution >= 4 is 22.6 Å². The van der Waals surface area contributed by atoms with E-state index in [1.54, 1.807) is 21.0 Å². The van der Waals surface area contributed by atoms with E-state index in [1.165, 1.54) is 4.90 Å². The summed E-state index contributed by atoms with van der Waals surface area (Å²) >= 11 is 0. The minimum absolute atomic E-state index is 0.263. The first kappa shape index (κ1) is 15.0. The monoisotopic (exact) mass is 311 g/mol. The van der Waals surface area contributed by atoms with Crippen molar-refractivity contribution in [3.8, 4) is 11.1 Å². The number of Topliss-reactive ketones (excluding diaryl/α,β-unsaturated/α-hetero) is 1. The first-order valence-corrected chi connectivity index (χ1v) is 7.21. The highest BCUT2D eigenvalue weighted by molar-refractivity contribution is 6.44. The molecule has 0 unspecified atom stereocenters. The summed E-state index contributed by atoms with van der Waals surface area (Å²) < 4.78 is 5.24. The van der Waals surface area contributed by atoms with Crippen LogP contribution in [0.25, 0.3) is 22.0 Å². The summed E-state index contributed by atoms with van der Waals surface area (Å²) in [6.07, 6.45) is 0. The molecule has 2 heterocycles. The van der Waals surface area contributed by atoms with E-state index >= 15 is 0 Å². The highest BCUT2D eigenvalue weighted by Gasteiger charge is 2.28. The number of aromatic nitrogens is 2. The third-order valence-electron chi connectivity index (χ3n) is 3.82. The summed E-state index contributed by atoms with van der Waals surface area (Å²) in [5.74, 6) is -0.552. The Labute approximate surface area is 133 Å². The summed E-state index contributed by atoms with van der Waals surface area (Å²) in [5, 5.41) is 4.82. The standard InChI is InChI=1S/C17H17N3O3/c1-9-13(10(2)23-19-9)14-11-7-5-6-8-12(11)18-15(14)16(21)17(22)20(3)4/h5-8,18H,1-4H3. The normalized spacial score (nSPS) is 11.0. The number of aromatic amines is 1. The highest BCUT2D eigenvalue weighted by atomic mass is 16.5. The van der Waals surface area contributed by atoms with Gasteiger partial charge in [0.2, 0.25) is 0 Å². The van der Waals surface area contributed by atoms with Gasteiger partial charge in [0.05, 0.1) is 11.3 Å². The maximum Gasteiger partial charge on any atom is 0.296 e. The van der Waals surface area contributed by atoms with Gasteiger partial charge in [-0.25, -0.2) is 0 Å². The quantitative estimate of drug-likeness (QED) is 0.596. The fourth-order valence-electron chi connectivity index (χ4n) is 2.72. The number of ketones is 1. The molecule has 0 atom stereocenters. The van der Waals surface area contributed by atoms with Crippen LogP contribution in [0.15, 0.2) is 28.8 Å². The van der Waals surface area contributed by atoms with Crippen LogP contribution in [0, 0.1) is 13.8 Å². The molecule has 0 saturated carbocycles. The van der Waals surface area contributed by atoms with Crippen LogP contribution < -0.4 is 0 Å². The molecular weight excluding hydrogens is 294 g/mol. The second-order valence-electron chi connectivity index (χ2n) is 5.65. The lowest BCUT2D eigenvalue weighted by Crippen LogP contribution is -2.30. The molecule has 0 aliphatic heterocycles. The summed E-state index contributed by atoms with van der Waals surface area (Å²) in [6, 6.07) is 7.54. The zero-order chi connectivity index (χ0) is 16.7. The zero-order valence-corrected chi connectivity index (χ0v) is 13.4. The second kappa shape index (κ2) is 5.39. The Morgan fingerprint density at radius 2 is 1.83 bits per heavy atom. The van der Waals surface area contributed by atoms with Crippen LogP contribution in [0.5, 0.6) is 0 Å². The average Bonchev–Trinajstić information content (AvgIpc) is 3.05. The van der Waals surface area contributed by atoms with Gasteiger partial charge in [0, 0.05) is 30.6 Å². The number of aryl methyl sites for hydroxylation is 2. The predicted molar refractivity (Wildman–Crippen MR) is 86.3 cm³/mol. The number of carbonyl (C=O) groups is 2. The molecule has 0 aliphatic rings. The zero-order valence-electron chi connectivity index (χ0n) is 13.4. The molecule has 3 rings (SSSR count). The van der Waals surface area contributed by atoms with E-state index in [1.807, 2.05) is 31.2 Å². The minimum atomic E-state index is -0.582. The van der Waals surface area contributed by atoms with Crippen molar-refractivity contribution in [3.05, 3.63) is 41.4 Å². The SMILES string of the molecule is Cc1noc(C)c1-c1c(C(=O)C(=O)N(C)C)[nH]c2ccccc12. The van der Waals surface area contributed by atoms with E-state index in [0.717, 1.165) is 16.5 Å². The van der Waals surface area contributed by atoms with Gasteiger partial charge in [0.25, 0.3) is 11.7 Å². The van der Waals surface area contributed by atoms with Crippen molar-refractivity contribution in [2.45, 2.75) is 13.8 Å². The van der Waals surface area contributed by atoms with Crippen molar-refractivity contribution in [1.82, 2.24) is 15.0 Å². The Bertz CT molecular complexity index is 899. The van der Waals surface area contributed by atoms with E-state index in [9.17, 15) is 9.59 Å². The molecule has 23 heavy (non-hydrogen) atoms. The number of hydrogen-bond donors (Lipinski definition) is 1. The second-order valence-corrected chi connectivity index (χ2v) is 5.65. The number of amides is 1. The van der Waals surface area contributed by atoms with Gasteiger partial charge in [0.1, 0.15) is 11.5 Å². The van der Waals surface area contributed by atoms with Crippen LogP contribution >= 0.6 is 0 Å². The Kier molecular flexibility index (Phi) is 3.52. The maximum atomic E-state index is 12.6. The molecule has 0 fully saturated rings. The van der Waals surface area contributed by atoms with Crippen LogP contribution in [-0.2, 0) is 4.79 Å². The molecule has 118 valence electrons. The Hall–Kier alpha value is -2.89. The number of rotatable bonds is 3. The molecule has 0 aliphatic carbocycles. The van der Waals surface area contributed by atoms with Crippen LogP contribution in [0.3, 0.4) is 0 Å². The maximum absolute atomic E-state index is 12.6. The number of hydrogen-bond acceptors (Lipinski definition) is 4. The lowest BCUT2D eigenvalue weighted by Gasteiger charge is -2.09. The van der Waals surface area contributed by atoms with E-state index < -0.39 is 11.7 Å². The molecule has 0 radical (unpaired) electrons. The number of fused-ring (bicyclic) bond motifs is 1. The lowest BCUT2D eigenvalue weighted by molar-refractivity contribution is -0.124. The topological polar surface area (TPSA) is 79.2 Å². The van der Waals surface area contributed by atoms with Crippen molar-refractivity contribution in [2.24, 2.45) is 0 Å². The number of benzene rings is 1. The number of para-hydroxylation sites is 1. The molecular formula is C17H17N3O3. The molecule has 1 aromatic carbocycles. The molecule has 2 aromatic heterocycles. The van der Waals surface area contributed by atoms with Crippen LogP contribution in [-0.4, -0.2) is 40.8 Å². The number of likely N-dealkylation sites (N-methyl/N-ethyl adjacent to an activating group) is 1. The van der Waals surface area contributed by atoms with Crippen LogP contribution in [0.2, 0.25) is 0 Å². The summed E-state index contributed by atoms with van der Waals surface area (Å²) in [5.41, 5.74) is 3.14. The van der Waals surface area contributed by atoms with Crippen molar-refractivity contribution in [2.75, 3.05) is 14.1 Å². The van der Waals surface area contributed by atoms with Gasteiger partial charge in [-0.2, -0.15) is 0 Å². The molecule has 1 amide bonds. The molecule has 1 N–H and O–H groups in total. The van der Waals surface area contributed by atoms with Gasteiger partial charge in [-0.3, -0.25) is 9.59 Å². The van der Waals surface area contributed by atoms with Crippen molar-refractivity contribution < 1.29 is 14.1 Å². The predicted octanol–water partition coefficient (Wildman–Crippen LogP) is 2.71. The fourth-order valence-corrected chi connectivity index (χ4v) is 2.72. The highest BCUT2D eigenvalue weighted by Crippen LogP contribution is 2.36. The number of H-pyrrole nitrogens is 1. The Morgan fingerprint density at radius 3 is 2.43 bits per heavy atom. The summed E-state index contributed by atoms with van der Waals surface area (Å²) in [4.78, 5) is 29.1. The van der Waals surface area contributed by atoms with E-state index in [2.05, 4.69) is 10.1 Å². The van der Waals surface area contributed by atoms with E-state index in [0.29, 0.717) is 17.0 Å². The first-order chi connectivity index (χ1) is 10.9. The first-order valence-electron chi connectivity index (χ1n) is 7.21. The van der Waals surface area contributed by atoms with Gasteiger partial charge < -0.3 is 14.4 Å². The summed E-state index contributed by atoms with van der Waals surface area (Å²) in [6.45, 7) is 3.61. The number of nitrogens with zero attached hydrogens (tertiary/aromatic N) is 2. The minimum Gasteiger partial charge on any atom is -0.361 e. The number of carbonyl (C=O) groups excluding carboxylic acids is 2. The van der Waals surface area contributed by atoms with Crippen molar-refractivity contribution in [3.63, 3.8) is 0 Å². The van der Waals surface area contributed by atoms with Gasteiger partial charge in [-0.1, -0.05) is 23.4 Å². The Morgan fingerprint density at radius 1 is 1.13 bits per heavy atom. The fraction of sp³-hybridized carbons (Fsp3) is 0.235. The smallest absolute Gasteiger partial charge is 0.296 e. The van der Waals surface area contributed by atoms with E-state index in [4.69, 9.17) is 4.52 Å². The van der Waals surface area contributed by atoms with Crippen molar-refractivity contribution in [1.29, 1.82) is 0 Å². The molecule has 0 bridgehead atoms. The van der Waals surface area contributed by atoms with Crippen LogP contribution in [0.4, 0.5) is 0 Å². The van der Waals surface area contributed by atoms with Gasteiger partial charge in [-0.05, 0) is 19.9 Å². The van der Waals surface area contributed by atoms with E-state index in [-0.39, 0.29) is 5.69 Å². The third kappa shape index (κ3) is 2.32. The third-order valence-corrected chi connectivity index (χ3v) is 3.82. The molecule has 0 saturated heterocycles. The molecule has 6 heteroatoms.